The summed E-state index contributed by atoms with van der Waals surface area (Å²) in [5, 5.41) is 0. The second-order valence-electron chi connectivity index (χ2n) is 2.92. The number of carbonyl (C=O) groups is 1. The van der Waals surface area contributed by atoms with Gasteiger partial charge in [0.1, 0.15) is 0 Å². The predicted molar refractivity (Wildman–Crippen MR) is 58.3 cm³/mol. The Morgan fingerprint density at radius 2 is 2.08 bits per heavy atom. The molecule has 0 aromatic heterocycles. The molecule has 0 saturated carbocycles. The fourth-order valence-electron chi connectivity index (χ4n) is 1.15. The van der Waals surface area contributed by atoms with Crippen molar-refractivity contribution in [3.05, 3.63) is 0 Å². The summed E-state index contributed by atoms with van der Waals surface area (Å²) in [5.41, 5.74) is 0. The van der Waals surface area contributed by atoms with E-state index in [0.29, 0.717) is 5.92 Å². The van der Waals surface area contributed by atoms with Gasteiger partial charge in [0.2, 0.25) is 0 Å². The first-order chi connectivity index (χ1) is 5.61. The summed E-state index contributed by atoms with van der Waals surface area (Å²) < 4.78 is 5.15. The zero-order valence-electron chi connectivity index (χ0n) is 7.97. The van der Waals surface area contributed by atoms with E-state index in [-0.39, 0.29) is 10.1 Å². The maximum atomic E-state index is 10.7. The Bertz CT molecular complexity index is 136. The summed E-state index contributed by atoms with van der Waals surface area (Å²) >= 11 is 2.20. The Hall–Kier alpha value is 0.200. The van der Waals surface area contributed by atoms with E-state index < -0.39 is 0 Å². The van der Waals surface area contributed by atoms with Gasteiger partial charge in [-0.2, -0.15) is 0 Å². The van der Waals surface area contributed by atoms with E-state index >= 15 is 0 Å². The van der Waals surface area contributed by atoms with Gasteiger partial charge in [0.25, 0.3) is 0 Å². The van der Waals surface area contributed by atoms with Gasteiger partial charge in [0.05, 0.1) is 0 Å². The zero-order valence-corrected chi connectivity index (χ0v) is 10.1. The van der Waals surface area contributed by atoms with Crippen molar-refractivity contribution in [2.24, 2.45) is 5.92 Å². The first-order valence-electron chi connectivity index (χ1n) is 4.43. The second-order valence-corrected chi connectivity index (χ2v) is 4.15. The third kappa shape index (κ3) is 4.95. The smallest absolute Gasteiger partial charge is 0.303 e. The molecule has 0 aliphatic rings. The molecule has 0 heterocycles. The molecule has 0 aromatic rings. The molecule has 2 atom stereocenters. The van der Waals surface area contributed by atoms with Crippen molar-refractivity contribution in [2.45, 2.75) is 44.1 Å². The molecule has 3 heteroatoms. The molecule has 0 bridgehead atoms. The number of rotatable bonds is 5. The lowest BCUT2D eigenvalue weighted by Crippen LogP contribution is -2.19. The quantitative estimate of drug-likeness (QED) is 0.440. The van der Waals surface area contributed by atoms with Crippen molar-refractivity contribution in [1.29, 1.82) is 0 Å². The lowest BCUT2D eigenvalue weighted by molar-refractivity contribution is -0.143. The highest BCUT2D eigenvalue weighted by Gasteiger charge is 2.18. The highest BCUT2D eigenvalue weighted by molar-refractivity contribution is 14.1. The minimum atomic E-state index is -0.177. The fraction of sp³-hybridized carbons (Fsp3) is 0.889. The van der Waals surface area contributed by atoms with Crippen LogP contribution in [0.2, 0.25) is 0 Å². The molecular formula is C9H17IO2. The normalized spacial score (nSPS) is 15.3. The van der Waals surface area contributed by atoms with Gasteiger partial charge in [-0.05, 0) is 35.4 Å². The van der Waals surface area contributed by atoms with E-state index in [1.165, 1.54) is 6.92 Å². The molecule has 72 valence electrons. The molecule has 0 aliphatic heterocycles. The predicted octanol–water partition coefficient (Wildman–Crippen LogP) is 3.14. The first-order valence-corrected chi connectivity index (χ1v) is 5.67. The number of hydrogen-bond acceptors (Lipinski definition) is 2. The van der Waals surface area contributed by atoms with Crippen LogP contribution < -0.4 is 0 Å². The van der Waals surface area contributed by atoms with Gasteiger partial charge in [-0.15, -0.1) is 0 Å². The summed E-state index contributed by atoms with van der Waals surface area (Å²) in [6, 6.07) is 0. The first kappa shape index (κ1) is 12.2. The van der Waals surface area contributed by atoms with Gasteiger partial charge in [-0.1, -0.05) is 20.3 Å². The van der Waals surface area contributed by atoms with Crippen molar-refractivity contribution in [1.82, 2.24) is 0 Å². The number of ether oxygens (including phenoxy) is 1. The van der Waals surface area contributed by atoms with Gasteiger partial charge in [0, 0.05) is 12.8 Å². The minimum absolute atomic E-state index is 0.0463. The Balaban J connectivity index is 3.84. The molecule has 0 radical (unpaired) electrons. The van der Waals surface area contributed by atoms with Crippen molar-refractivity contribution in [3.8, 4) is 0 Å². The lowest BCUT2D eigenvalue weighted by atomic mass is 10.0. The van der Waals surface area contributed by atoms with Gasteiger partial charge in [-0.25, -0.2) is 0 Å². The molecular weight excluding hydrogens is 267 g/mol. The van der Waals surface area contributed by atoms with Crippen LogP contribution in [0.1, 0.15) is 40.0 Å². The second kappa shape index (κ2) is 6.69. The molecule has 2 nitrogen and oxygen atoms in total. The molecule has 0 amide bonds. The van der Waals surface area contributed by atoms with Gasteiger partial charge in [-0.3, -0.25) is 4.79 Å². The van der Waals surface area contributed by atoms with Crippen LogP contribution in [0, 0.1) is 5.92 Å². The van der Waals surface area contributed by atoms with Crippen LogP contribution in [-0.4, -0.2) is 10.1 Å². The number of hydrogen-bond donors (Lipinski definition) is 0. The summed E-state index contributed by atoms with van der Waals surface area (Å²) in [7, 11) is 0. The average molecular weight is 284 g/mol. The summed E-state index contributed by atoms with van der Waals surface area (Å²) in [5.74, 6) is 0.337. The van der Waals surface area contributed by atoms with E-state index in [0.717, 1.165) is 19.3 Å². The lowest BCUT2D eigenvalue weighted by Gasteiger charge is -2.19. The molecule has 0 aromatic carbocycles. The van der Waals surface area contributed by atoms with Crippen LogP contribution in [0.4, 0.5) is 0 Å². The van der Waals surface area contributed by atoms with Crippen molar-refractivity contribution in [2.75, 3.05) is 0 Å². The Morgan fingerprint density at radius 3 is 2.42 bits per heavy atom. The van der Waals surface area contributed by atoms with E-state index in [9.17, 15) is 4.79 Å². The van der Waals surface area contributed by atoms with E-state index in [1.54, 1.807) is 0 Å². The third-order valence-electron chi connectivity index (χ3n) is 1.83. The minimum Gasteiger partial charge on any atom is -0.452 e. The van der Waals surface area contributed by atoms with Crippen LogP contribution in [0.3, 0.4) is 0 Å². The fourth-order valence-corrected chi connectivity index (χ4v) is 2.37. The van der Waals surface area contributed by atoms with E-state index in [1.807, 2.05) is 0 Å². The third-order valence-corrected chi connectivity index (χ3v) is 3.10. The highest BCUT2D eigenvalue weighted by Crippen LogP contribution is 2.23. The average Bonchev–Trinajstić information content (AvgIpc) is 1.98. The maximum absolute atomic E-state index is 10.7. The van der Waals surface area contributed by atoms with E-state index in [4.69, 9.17) is 4.74 Å². The summed E-state index contributed by atoms with van der Waals surface area (Å²) in [4.78, 5) is 10.7. The molecule has 0 spiro atoms. The van der Waals surface area contributed by atoms with Crippen LogP contribution in [0.5, 0.6) is 0 Å². The van der Waals surface area contributed by atoms with Gasteiger partial charge >= 0.3 is 5.97 Å². The SMILES string of the molecule is CCCC(CC)C(I)OC(C)=O. The summed E-state index contributed by atoms with van der Waals surface area (Å²) in [6.45, 7) is 5.75. The number of alkyl halides is 1. The highest BCUT2D eigenvalue weighted by atomic mass is 127. The maximum Gasteiger partial charge on any atom is 0.303 e. The van der Waals surface area contributed by atoms with Crippen molar-refractivity contribution < 1.29 is 9.53 Å². The largest absolute Gasteiger partial charge is 0.452 e. The molecule has 0 N–H and O–H groups in total. The molecule has 0 fully saturated rings. The number of halogens is 1. The monoisotopic (exact) mass is 284 g/mol. The Kier molecular flexibility index (Phi) is 6.80. The van der Waals surface area contributed by atoms with Crippen LogP contribution >= 0.6 is 22.6 Å². The van der Waals surface area contributed by atoms with Crippen LogP contribution in [0.25, 0.3) is 0 Å². The van der Waals surface area contributed by atoms with Crippen molar-refractivity contribution in [3.63, 3.8) is 0 Å². The van der Waals surface area contributed by atoms with Gasteiger partial charge < -0.3 is 4.74 Å². The van der Waals surface area contributed by atoms with Crippen molar-refractivity contribution >= 4 is 28.6 Å². The molecule has 12 heavy (non-hydrogen) atoms. The molecule has 0 rings (SSSR count). The molecule has 0 saturated heterocycles. The van der Waals surface area contributed by atoms with Crippen LogP contribution in [0.15, 0.2) is 0 Å². The number of carbonyl (C=O) groups excluding carboxylic acids is 1. The standard InChI is InChI=1S/C9H17IO2/c1-4-6-8(5-2)9(10)12-7(3)11/h8-9H,4-6H2,1-3H3. The van der Waals surface area contributed by atoms with Crippen LogP contribution in [-0.2, 0) is 9.53 Å². The number of esters is 1. The van der Waals surface area contributed by atoms with Gasteiger partial charge in [0.15, 0.2) is 4.11 Å². The molecule has 2 unspecified atom stereocenters. The Morgan fingerprint density at radius 1 is 1.50 bits per heavy atom. The van der Waals surface area contributed by atoms with E-state index in [2.05, 4.69) is 36.4 Å². The molecule has 0 aliphatic carbocycles. The summed E-state index contributed by atoms with van der Waals surface area (Å²) in [6.07, 6.45) is 3.37. The Labute approximate surface area is 88.2 Å². The zero-order chi connectivity index (χ0) is 9.56. The topological polar surface area (TPSA) is 26.3 Å².